The van der Waals surface area contributed by atoms with Crippen molar-refractivity contribution in [1.29, 1.82) is 0 Å². The fraction of sp³-hybridized carbons (Fsp3) is 0.400. The summed E-state index contributed by atoms with van der Waals surface area (Å²) >= 11 is 0. The molecule has 0 spiro atoms. The molecule has 1 unspecified atom stereocenters. The van der Waals surface area contributed by atoms with Crippen molar-refractivity contribution < 1.29 is 30.7 Å². The van der Waals surface area contributed by atoms with Gasteiger partial charge in [0.2, 0.25) is 0 Å². The zero-order valence-electron chi connectivity index (χ0n) is 18.9. The number of benzene rings is 2. The fourth-order valence-electron chi connectivity index (χ4n) is 3.09. The molecule has 0 saturated carbocycles. The van der Waals surface area contributed by atoms with Crippen molar-refractivity contribution in [2.45, 2.75) is 31.3 Å². The van der Waals surface area contributed by atoms with Gasteiger partial charge in [0.05, 0.1) is 10.6 Å². The van der Waals surface area contributed by atoms with Crippen LogP contribution in [-0.4, -0.2) is 111 Å². The van der Waals surface area contributed by atoms with Crippen LogP contribution >= 0.6 is 0 Å². The summed E-state index contributed by atoms with van der Waals surface area (Å²) in [6, 6.07) is 13.4. The van der Waals surface area contributed by atoms with Gasteiger partial charge in [0.25, 0.3) is 20.2 Å². The molecule has 12 heteroatoms. The Morgan fingerprint density at radius 2 is 1.31 bits per heavy atom. The molecule has 8 nitrogen and oxygen atoms in total. The Bertz CT molecular complexity index is 1020. The molecule has 0 fully saturated rings. The molecule has 2 aromatic carbocycles. The Balaban J connectivity index is 0.00000480. The molecule has 0 aliphatic heterocycles. The SMILES string of the molecule is CCN(CC)c1ccc(C(OCCCS(=O)(=O)O)c2ccc(S(=O)(=O)O)cc2)cc1.[Na].[Na]. The molecular weight excluding hydrogens is 476 g/mol. The van der Waals surface area contributed by atoms with E-state index in [9.17, 15) is 21.4 Å². The van der Waals surface area contributed by atoms with Crippen LogP contribution in [0.2, 0.25) is 0 Å². The maximum absolute atomic E-state index is 11.3. The molecule has 2 aromatic rings. The van der Waals surface area contributed by atoms with Crippen molar-refractivity contribution in [3.63, 3.8) is 0 Å². The molecule has 0 heterocycles. The van der Waals surface area contributed by atoms with Crippen LogP contribution in [-0.2, 0) is 25.0 Å². The Morgan fingerprint density at radius 1 is 0.844 bits per heavy atom. The largest absolute Gasteiger partial charge is 0.372 e. The first-order valence-electron chi connectivity index (χ1n) is 9.54. The minimum atomic E-state index is -4.31. The standard InChI is InChI=1S/C20H27NO7S2.2Na/c1-3-21(4-2)18-10-6-16(7-11-18)20(28-14-5-15-29(22,23)24)17-8-12-19(13-9-17)30(25,26)27;;/h6-13,20H,3-5,14-15H2,1-2H3,(H,22,23,24)(H,25,26,27);;. The van der Waals surface area contributed by atoms with E-state index in [1.54, 1.807) is 0 Å². The zero-order valence-corrected chi connectivity index (χ0v) is 24.6. The predicted octanol–water partition coefficient (Wildman–Crippen LogP) is 2.40. The molecule has 168 valence electrons. The van der Waals surface area contributed by atoms with Crippen LogP contribution < -0.4 is 4.90 Å². The van der Waals surface area contributed by atoms with Gasteiger partial charge in [0.1, 0.15) is 6.10 Å². The van der Waals surface area contributed by atoms with E-state index in [2.05, 4.69) is 18.7 Å². The Kier molecular flexibility index (Phi) is 14.4. The summed E-state index contributed by atoms with van der Waals surface area (Å²) in [4.78, 5) is 1.96. The molecule has 2 rings (SSSR count). The maximum Gasteiger partial charge on any atom is 0.294 e. The number of rotatable bonds is 11. The Hall–Kier alpha value is 0.0200. The van der Waals surface area contributed by atoms with E-state index in [1.807, 2.05) is 24.3 Å². The van der Waals surface area contributed by atoms with Crippen molar-refractivity contribution in [2.75, 3.05) is 30.3 Å². The van der Waals surface area contributed by atoms with E-state index in [1.165, 1.54) is 24.3 Å². The van der Waals surface area contributed by atoms with Gasteiger partial charge in [-0.15, -0.1) is 0 Å². The summed E-state index contributed by atoms with van der Waals surface area (Å²) in [5.74, 6) is -0.414. The molecule has 0 aliphatic carbocycles. The minimum absolute atomic E-state index is 0. The number of nitrogens with zero attached hydrogens (tertiary/aromatic N) is 1. The molecule has 2 radical (unpaired) electrons. The Morgan fingerprint density at radius 3 is 1.72 bits per heavy atom. The van der Waals surface area contributed by atoms with Gasteiger partial charge in [-0.25, -0.2) is 0 Å². The van der Waals surface area contributed by atoms with E-state index < -0.39 is 32.1 Å². The number of hydrogen-bond donors (Lipinski definition) is 2. The summed E-state index contributed by atoms with van der Waals surface area (Å²) in [6.07, 6.45) is -0.469. The molecule has 0 saturated heterocycles. The Labute approximate surface area is 234 Å². The number of hydrogen-bond acceptors (Lipinski definition) is 6. The van der Waals surface area contributed by atoms with Crippen molar-refractivity contribution in [3.8, 4) is 0 Å². The summed E-state index contributed by atoms with van der Waals surface area (Å²) in [5, 5.41) is 0. The van der Waals surface area contributed by atoms with Crippen molar-refractivity contribution in [1.82, 2.24) is 0 Å². The average molecular weight is 504 g/mol. The van der Waals surface area contributed by atoms with Crippen LogP contribution in [0, 0.1) is 0 Å². The van der Waals surface area contributed by atoms with Gasteiger partial charge in [-0.3, -0.25) is 9.11 Å². The maximum atomic E-state index is 11.3. The fourth-order valence-corrected chi connectivity index (χ4v) is 4.05. The smallest absolute Gasteiger partial charge is 0.294 e. The van der Waals surface area contributed by atoms with Gasteiger partial charge in [-0.1, -0.05) is 24.3 Å². The van der Waals surface area contributed by atoms with Crippen molar-refractivity contribution in [3.05, 3.63) is 59.7 Å². The summed E-state index contributed by atoms with van der Waals surface area (Å²) in [6.45, 7) is 5.93. The molecule has 1 atom stereocenters. The molecule has 2 N–H and O–H groups in total. The van der Waals surface area contributed by atoms with E-state index in [-0.39, 0.29) is 77.0 Å². The van der Waals surface area contributed by atoms with Crippen LogP contribution in [0.25, 0.3) is 0 Å². The third-order valence-corrected chi connectivity index (χ3v) is 6.31. The van der Waals surface area contributed by atoms with Gasteiger partial charge < -0.3 is 9.64 Å². The minimum Gasteiger partial charge on any atom is -0.372 e. The first-order chi connectivity index (χ1) is 14.0. The third-order valence-electron chi connectivity index (χ3n) is 4.64. The van der Waals surface area contributed by atoms with Crippen LogP contribution in [0.4, 0.5) is 5.69 Å². The first-order valence-corrected chi connectivity index (χ1v) is 12.6. The summed E-state index contributed by atoms with van der Waals surface area (Å²) in [7, 11) is -8.38. The van der Waals surface area contributed by atoms with Gasteiger partial charge in [0, 0.05) is 84.5 Å². The molecule has 0 bridgehead atoms. The van der Waals surface area contributed by atoms with Crippen LogP contribution in [0.1, 0.15) is 37.5 Å². The average Bonchev–Trinajstić information content (AvgIpc) is 2.68. The van der Waals surface area contributed by atoms with Gasteiger partial charge in [-0.2, -0.15) is 16.8 Å². The van der Waals surface area contributed by atoms with Crippen LogP contribution in [0.15, 0.2) is 53.4 Å². The predicted molar refractivity (Wildman–Crippen MR) is 127 cm³/mol. The topological polar surface area (TPSA) is 121 Å². The number of ether oxygens (including phenoxy) is 1. The van der Waals surface area contributed by atoms with Crippen molar-refractivity contribution in [2.24, 2.45) is 0 Å². The second-order valence-electron chi connectivity index (χ2n) is 6.70. The summed E-state index contributed by atoms with van der Waals surface area (Å²) in [5.41, 5.74) is 2.50. The monoisotopic (exact) mass is 503 g/mol. The second-order valence-corrected chi connectivity index (χ2v) is 9.69. The molecule has 0 amide bonds. The number of anilines is 1. The van der Waals surface area contributed by atoms with E-state index in [0.717, 1.165) is 24.3 Å². The first kappa shape index (κ1) is 32.0. The molecule has 32 heavy (non-hydrogen) atoms. The molecular formula is C20H27NNa2O7S2. The van der Waals surface area contributed by atoms with Crippen LogP contribution in [0.5, 0.6) is 0 Å². The van der Waals surface area contributed by atoms with Crippen molar-refractivity contribution >= 4 is 85.0 Å². The van der Waals surface area contributed by atoms with Gasteiger partial charge in [-0.05, 0) is 55.7 Å². The molecule has 0 aliphatic rings. The van der Waals surface area contributed by atoms with Gasteiger partial charge in [0.15, 0.2) is 0 Å². The molecule has 0 aromatic heterocycles. The second kappa shape index (κ2) is 14.4. The third kappa shape index (κ3) is 10.1. The van der Waals surface area contributed by atoms with Crippen LogP contribution in [0.3, 0.4) is 0 Å². The normalized spacial score (nSPS) is 12.4. The van der Waals surface area contributed by atoms with E-state index in [4.69, 9.17) is 9.29 Å². The zero-order chi connectivity index (χ0) is 22.4. The van der Waals surface area contributed by atoms with Gasteiger partial charge >= 0.3 is 0 Å². The summed E-state index contributed by atoms with van der Waals surface area (Å²) < 4.78 is 68.4. The quantitative estimate of drug-likeness (QED) is 0.272. The van der Waals surface area contributed by atoms with E-state index >= 15 is 0 Å². The van der Waals surface area contributed by atoms with E-state index in [0.29, 0.717) is 5.56 Å².